The van der Waals surface area contributed by atoms with Crippen LogP contribution in [0.2, 0.25) is 0 Å². The Morgan fingerprint density at radius 1 is 1.39 bits per heavy atom. The van der Waals surface area contributed by atoms with Gasteiger partial charge in [-0.15, -0.1) is 0 Å². The molecule has 0 aliphatic carbocycles. The molecule has 0 radical (unpaired) electrons. The number of urea groups is 1. The van der Waals surface area contributed by atoms with E-state index in [2.05, 4.69) is 19.2 Å². The Morgan fingerprint density at radius 3 is 2.56 bits per heavy atom. The number of nitrogens with one attached hydrogen (secondary N) is 1. The third kappa shape index (κ3) is 5.59. The SMILES string of the molecule is CC1CN(C(=O)NCCOCC(=O)O)CC(C)S1. The number of carbonyl (C=O) groups is 2. The second-order valence-electron chi connectivity index (χ2n) is 4.34. The normalized spacial score (nSPS) is 23.8. The number of carboxylic acids is 1. The van der Waals surface area contributed by atoms with E-state index in [-0.39, 0.29) is 19.2 Å². The molecule has 1 aliphatic heterocycles. The van der Waals surface area contributed by atoms with Crippen molar-refractivity contribution in [3.63, 3.8) is 0 Å². The number of hydrogen-bond acceptors (Lipinski definition) is 4. The van der Waals surface area contributed by atoms with Crippen molar-refractivity contribution < 1.29 is 19.4 Å². The zero-order valence-electron chi connectivity index (χ0n) is 10.7. The van der Waals surface area contributed by atoms with Crippen LogP contribution in [-0.2, 0) is 9.53 Å². The van der Waals surface area contributed by atoms with Gasteiger partial charge in [-0.2, -0.15) is 11.8 Å². The van der Waals surface area contributed by atoms with Crippen molar-refractivity contribution in [1.82, 2.24) is 10.2 Å². The first-order valence-corrected chi connectivity index (χ1v) is 6.91. The molecule has 1 aliphatic rings. The fraction of sp³-hybridized carbons (Fsp3) is 0.818. The highest BCUT2D eigenvalue weighted by Crippen LogP contribution is 2.24. The molecule has 2 unspecified atom stereocenters. The lowest BCUT2D eigenvalue weighted by Gasteiger charge is -2.34. The molecule has 0 bridgehead atoms. The number of aliphatic carboxylic acids is 1. The molecular weight excluding hydrogens is 256 g/mol. The summed E-state index contributed by atoms with van der Waals surface area (Å²) in [4.78, 5) is 23.8. The van der Waals surface area contributed by atoms with E-state index >= 15 is 0 Å². The fourth-order valence-corrected chi connectivity index (χ4v) is 3.17. The maximum absolute atomic E-state index is 11.8. The van der Waals surface area contributed by atoms with Gasteiger partial charge >= 0.3 is 12.0 Å². The van der Waals surface area contributed by atoms with Crippen LogP contribution >= 0.6 is 11.8 Å². The van der Waals surface area contributed by atoms with Crippen molar-refractivity contribution in [2.75, 3.05) is 32.8 Å². The summed E-state index contributed by atoms with van der Waals surface area (Å²) in [6.45, 7) is 5.93. The maximum Gasteiger partial charge on any atom is 0.329 e. The average Bonchev–Trinajstić information content (AvgIpc) is 2.26. The molecule has 0 aromatic carbocycles. The lowest BCUT2D eigenvalue weighted by atomic mass is 10.3. The number of rotatable bonds is 5. The van der Waals surface area contributed by atoms with Crippen LogP contribution in [0.15, 0.2) is 0 Å². The van der Waals surface area contributed by atoms with E-state index in [0.29, 0.717) is 17.0 Å². The van der Waals surface area contributed by atoms with Crippen LogP contribution in [0.4, 0.5) is 4.79 Å². The van der Waals surface area contributed by atoms with Gasteiger partial charge in [0.05, 0.1) is 6.61 Å². The number of ether oxygens (including phenoxy) is 1. The molecule has 7 heteroatoms. The molecule has 0 aromatic rings. The molecule has 104 valence electrons. The van der Waals surface area contributed by atoms with Crippen LogP contribution in [0.1, 0.15) is 13.8 Å². The third-order valence-corrected chi connectivity index (χ3v) is 3.68. The second kappa shape index (κ2) is 7.48. The van der Waals surface area contributed by atoms with Crippen LogP contribution in [0.25, 0.3) is 0 Å². The van der Waals surface area contributed by atoms with Gasteiger partial charge in [-0.3, -0.25) is 0 Å². The Bertz CT molecular complexity index is 291. The fourth-order valence-electron chi connectivity index (χ4n) is 1.85. The van der Waals surface area contributed by atoms with Crippen molar-refractivity contribution in [2.24, 2.45) is 0 Å². The first-order valence-electron chi connectivity index (χ1n) is 5.96. The van der Waals surface area contributed by atoms with Gasteiger partial charge in [0.2, 0.25) is 0 Å². The molecule has 2 amide bonds. The molecule has 2 N–H and O–H groups in total. The van der Waals surface area contributed by atoms with Crippen molar-refractivity contribution in [2.45, 2.75) is 24.3 Å². The molecule has 0 saturated carbocycles. The van der Waals surface area contributed by atoms with Gasteiger partial charge in [-0.05, 0) is 0 Å². The molecule has 0 aromatic heterocycles. The Labute approximate surface area is 111 Å². The van der Waals surface area contributed by atoms with E-state index in [1.54, 1.807) is 4.90 Å². The number of nitrogens with zero attached hydrogens (tertiary/aromatic N) is 1. The zero-order valence-corrected chi connectivity index (χ0v) is 11.5. The van der Waals surface area contributed by atoms with E-state index in [1.807, 2.05) is 11.8 Å². The molecule has 1 saturated heterocycles. The standard InChI is InChI=1S/C11H20N2O4S/c1-8-5-13(6-9(2)18-8)11(16)12-3-4-17-7-10(14)15/h8-9H,3-7H2,1-2H3,(H,12,16)(H,14,15). The number of carboxylic acid groups (broad SMARTS) is 1. The number of carbonyl (C=O) groups excluding carboxylic acids is 1. The van der Waals surface area contributed by atoms with E-state index in [9.17, 15) is 9.59 Å². The lowest BCUT2D eigenvalue weighted by molar-refractivity contribution is -0.142. The van der Waals surface area contributed by atoms with Crippen LogP contribution in [0.5, 0.6) is 0 Å². The van der Waals surface area contributed by atoms with Crippen LogP contribution in [-0.4, -0.2) is 65.4 Å². The monoisotopic (exact) mass is 276 g/mol. The van der Waals surface area contributed by atoms with Crippen molar-refractivity contribution in [3.8, 4) is 0 Å². The van der Waals surface area contributed by atoms with Crippen LogP contribution in [0, 0.1) is 0 Å². The van der Waals surface area contributed by atoms with Gasteiger partial charge in [0.25, 0.3) is 0 Å². The van der Waals surface area contributed by atoms with Gasteiger partial charge in [0.1, 0.15) is 6.61 Å². The minimum atomic E-state index is -1.00. The Morgan fingerprint density at radius 2 is 2.00 bits per heavy atom. The van der Waals surface area contributed by atoms with Crippen LogP contribution < -0.4 is 5.32 Å². The summed E-state index contributed by atoms with van der Waals surface area (Å²) in [5, 5.41) is 12.0. The molecule has 0 spiro atoms. The van der Waals surface area contributed by atoms with E-state index < -0.39 is 5.97 Å². The minimum absolute atomic E-state index is 0.104. The lowest BCUT2D eigenvalue weighted by Crippen LogP contribution is -2.49. The minimum Gasteiger partial charge on any atom is -0.480 e. The first-order chi connectivity index (χ1) is 8.49. The number of amides is 2. The van der Waals surface area contributed by atoms with Gasteiger partial charge in [0, 0.05) is 30.1 Å². The number of thioether (sulfide) groups is 1. The second-order valence-corrected chi connectivity index (χ2v) is 6.22. The van der Waals surface area contributed by atoms with Crippen molar-refractivity contribution in [3.05, 3.63) is 0 Å². The summed E-state index contributed by atoms with van der Waals surface area (Å²) in [5.41, 5.74) is 0. The average molecular weight is 276 g/mol. The summed E-state index contributed by atoms with van der Waals surface area (Å²) in [6.07, 6.45) is 0. The number of hydrogen-bond donors (Lipinski definition) is 2. The largest absolute Gasteiger partial charge is 0.480 e. The highest BCUT2D eigenvalue weighted by molar-refractivity contribution is 8.00. The van der Waals surface area contributed by atoms with Gasteiger partial charge < -0.3 is 20.1 Å². The molecule has 18 heavy (non-hydrogen) atoms. The summed E-state index contributed by atoms with van der Waals surface area (Å²) >= 11 is 1.89. The smallest absolute Gasteiger partial charge is 0.329 e. The molecular formula is C11H20N2O4S. The molecule has 1 rings (SSSR count). The Kier molecular flexibility index (Phi) is 6.28. The summed E-state index contributed by atoms with van der Waals surface area (Å²) in [7, 11) is 0. The Hall–Kier alpha value is -0.950. The zero-order chi connectivity index (χ0) is 13.5. The third-order valence-electron chi connectivity index (χ3n) is 2.45. The first kappa shape index (κ1) is 15.1. The molecule has 1 heterocycles. The van der Waals surface area contributed by atoms with Gasteiger partial charge in [0.15, 0.2) is 0 Å². The summed E-state index contributed by atoms with van der Waals surface area (Å²) in [6, 6.07) is -0.104. The molecule has 2 atom stereocenters. The van der Waals surface area contributed by atoms with Crippen LogP contribution in [0.3, 0.4) is 0 Å². The van der Waals surface area contributed by atoms with E-state index in [1.165, 1.54) is 0 Å². The van der Waals surface area contributed by atoms with E-state index in [4.69, 9.17) is 9.84 Å². The predicted molar refractivity (Wildman–Crippen MR) is 69.9 cm³/mol. The van der Waals surface area contributed by atoms with Crippen molar-refractivity contribution >= 4 is 23.8 Å². The highest BCUT2D eigenvalue weighted by atomic mass is 32.2. The molecule has 1 fully saturated rings. The summed E-state index contributed by atoms with van der Waals surface area (Å²) < 4.78 is 4.84. The quantitative estimate of drug-likeness (QED) is 0.720. The highest BCUT2D eigenvalue weighted by Gasteiger charge is 2.25. The van der Waals surface area contributed by atoms with Gasteiger partial charge in [-0.25, -0.2) is 9.59 Å². The maximum atomic E-state index is 11.8. The molecule has 6 nitrogen and oxygen atoms in total. The Balaban J connectivity index is 2.18. The van der Waals surface area contributed by atoms with Gasteiger partial charge in [-0.1, -0.05) is 13.8 Å². The van der Waals surface area contributed by atoms with Crippen molar-refractivity contribution in [1.29, 1.82) is 0 Å². The predicted octanol–water partition coefficient (Wildman–Crippen LogP) is 0.623. The summed E-state index contributed by atoms with van der Waals surface area (Å²) in [5.74, 6) is -1.00. The topological polar surface area (TPSA) is 78.9 Å². The van der Waals surface area contributed by atoms with E-state index in [0.717, 1.165) is 13.1 Å².